The summed E-state index contributed by atoms with van der Waals surface area (Å²) in [5.41, 5.74) is 6.60. The Balaban J connectivity index is 3.11. The number of nitrogens with two attached hydrogens (primary N) is 1. The fraction of sp³-hybridized carbons (Fsp3) is 0.100. The van der Waals surface area contributed by atoms with Crippen LogP contribution in [0.3, 0.4) is 0 Å². The minimum absolute atomic E-state index is 0.156. The van der Waals surface area contributed by atoms with Crippen LogP contribution in [0.25, 0.3) is 0 Å². The average molecular weight is 225 g/mol. The van der Waals surface area contributed by atoms with Crippen LogP contribution < -0.4 is 5.73 Å². The van der Waals surface area contributed by atoms with Gasteiger partial charge in [0.15, 0.2) is 0 Å². The molecular weight excluding hydrogens is 219 g/mol. The van der Waals surface area contributed by atoms with Gasteiger partial charge in [-0.15, -0.1) is 0 Å². The van der Waals surface area contributed by atoms with E-state index in [1.165, 1.54) is 0 Å². The van der Waals surface area contributed by atoms with E-state index in [1.807, 2.05) is 6.07 Å². The van der Waals surface area contributed by atoms with Crippen LogP contribution in [0, 0.1) is 23.2 Å². The van der Waals surface area contributed by atoms with Gasteiger partial charge in [-0.05, 0) is 12.1 Å². The van der Waals surface area contributed by atoms with Crippen molar-refractivity contribution in [3.05, 3.63) is 27.7 Å². The molecule has 1 aromatic carbocycles. The van der Waals surface area contributed by atoms with Gasteiger partial charge in [0.1, 0.15) is 0 Å². The monoisotopic (exact) mass is 224 g/mol. The molecule has 0 unspecified atom stereocenters. The van der Waals surface area contributed by atoms with E-state index in [1.54, 1.807) is 12.1 Å². The predicted molar refractivity (Wildman–Crippen MR) is 58.0 cm³/mol. The maximum atomic E-state index is 8.29. The molecule has 0 aliphatic rings. The van der Waals surface area contributed by atoms with Crippen LogP contribution in [-0.4, -0.2) is 0 Å². The zero-order valence-corrected chi connectivity index (χ0v) is 8.65. The number of hydrogen-bond acceptors (Lipinski definition) is 2. The van der Waals surface area contributed by atoms with Crippen LogP contribution in [0.15, 0.2) is 12.1 Å². The minimum atomic E-state index is 0.156. The molecule has 0 saturated heterocycles. The fourth-order valence-corrected chi connectivity index (χ4v) is 1.36. The molecule has 70 valence electrons. The number of rotatable bonds is 0. The molecule has 4 heteroatoms. The second kappa shape index (κ2) is 4.77. The largest absolute Gasteiger partial charge is 0.397 e. The van der Waals surface area contributed by atoms with Gasteiger partial charge in [-0.3, -0.25) is 0 Å². The summed E-state index contributed by atoms with van der Waals surface area (Å²) in [5.74, 6) is 5.37. The Bertz CT molecular complexity index is 450. The zero-order chi connectivity index (χ0) is 10.6. The van der Waals surface area contributed by atoms with Gasteiger partial charge >= 0.3 is 0 Å². The normalized spacial score (nSPS) is 8.64. The van der Waals surface area contributed by atoms with E-state index in [0.717, 1.165) is 0 Å². The highest BCUT2D eigenvalue weighted by atomic mass is 35.5. The lowest BCUT2D eigenvalue weighted by atomic mass is 10.2. The summed E-state index contributed by atoms with van der Waals surface area (Å²) in [5, 5.41) is 9.14. The zero-order valence-electron chi connectivity index (χ0n) is 7.14. The van der Waals surface area contributed by atoms with Crippen molar-refractivity contribution in [2.45, 2.75) is 6.42 Å². The molecule has 1 aromatic rings. The van der Waals surface area contributed by atoms with E-state index in [9.17, 15) is 0 Å². The summed E-state index contributed by atoms with van der Waals surface area (Å²) in [4.78, 5) is 0. The van der Waals surface area contributed by atoms with Gasteiger partial charge in [-0.1, -0.05) is 35.0 Å². The molecular formula is C10H6Cl2N2. The molecule has 0 spiro atoms. The van der Waals surface area contributed by atoms with Crippen molar-refractivity contribution in [2.75, 3.05) is 5.73 Å². The summed E-state index contributed by atoms with van der Waals surface area (Å²) >= 11 is 11.6. The fourth-order valence-electron chi connectivity index (χ4n) is 0.867. The first kappa shape index (κ1) is 10.7. The molecule has 2 N–H and O–H groups in total. The van der Waals surface area contributed by atoms with Gasteiger partial charge in [0.2, 0.25) is 0 Å². The van der Waals surface area contributed by atoms with Crippen LogP contribution in [0.1, 0.15) is 12.0 Å². The molecule has 0 amide bonds. The predicted octanol–water partition coefficient (Wildman–Crippen LogP) is 2.84. The van der Waals surface area contributed by atoms with Crippen molar-refractivity contribution in [3.8, 4) is 17.9 Å². The van der Waals surface area contributed by atoms with Crippen molar-refractivity contribution >= 4 is 28.9 Å². The molecule has 1 rings (SSSR count). The van der Waals surface area contributed by atoms with E-state index in [2.05, 4.69) is 11.8 Å². The van der Waals surface area contributed by atoms with Gasteiger partial charge < -0.3 is 5.73 Å². The number of anilines is 1. The lowest BCUT2D eigenvalue weighted by Crippen LogP contribution is -1.91. The quantitative estimate of drug-likeness (QED) is 0.545. The third-order valence-electron chi connectivity index (χ3n) is 1.48. The number of nitrogen functional groups attached to an aromatic ring is 1. The Morgan fingerprint density at radius 2 is 2.07 bits per heavy atom. The molecule has 0 radical (unpaired) electrons. The Hall–Kier alpha value is -1.35. The number of nitrogens with zero attached hydrogens (tertiary/aromatic N) is 1. The highest BCUT2D eigenvalue weighted by molar-refractivity contribution is 6.36. The van der Waals surface area contributed by atoms with Crippen molar-refractivity contribution < 1.29 is 0 Å². The maximum absolute atomic E-state index is 8.29. The first-order valence-corrected chi connectivity index (χ1v) is 4.51. The van der Waals surface area contributed by atoms with Crippen LogP contribution in [0.4, 0.5) is 5.69 Å². The molecule has 0 saturated carbocycles. The van der Waals surface area contributed by atoms with Crippen LogP contribution in [-0.2, 0) is 0 Å². The first-order valence-electron chi connectivity index (χ1n) is 3.75. The van der Waals surface area contributed by atoms with Gasteiger partial charge in [0.25, 0.3) is 0 Å². The summed E-state index contributed by atoms with van der Waals surface area (Å²) < 4.78 is 0. The van der Waals surface area contributed by atoms with E-state index < -0.39 is 0 Å². The molecule has 2 nitrogen and oxygen atoms in total. The molecule has 0 aliphatic carbocycles. The van der Waals surface area contributed by atoms with Gasteiger partial charge in [-0.2, -0.15) is 5.26 Å². The lowest BCUT2D eigenvalue weighted by molar-refractivity contribution is 1.39. The maximum Gasteiger partial charge on any atom is 0.0966 e. The van der Waals surface area contributed by atoms with Crippen LogP contribution in [0.5, 0.6) is 0 Å². The van der Waals surface area contributed by atoms with Crippen molar-refractivity contribution in [3.63, 3.8) is 0 Å². The number of halogens is 2. The summed E-state index contributed by atoms with van der Waals surface area (Å²) in [7, 11) is 0. The number of nitriles is 1. The highest BCUT2D eigenvalue weighted by Crippen LogP contribution is 2.26. The van der Waals surface area contributed by atoms with Crippen molar-refractivity contribution in [2.24, 2.45) is 0 Å². The van der Waals surface area contributed by atoms with Gasteiger partial charge in [0, 0.05) is 5.02 Å². The first-order chi connectivity index (χ1) is 6.65. The highest BCUT2D eigenvalue weighted by Gasteiger charge is 2.02. The molecule has 0 aliphatic heterocycles. The van der Waals surface area contributed by atoms with Crippen molar-refractivity contribution in [1.82, 2.24) is 0 Å². The van der Waals surface area contributed by atoms with E-state index in [4.69, 9.17) is 34.2 Å². The van der Waals surface area contributed by atoms with Crippen LogP contribution >= 0.6 is 23.2 Å². The minimum Gasteiger partial charge on any atom is -0.397 e. The smallest absolute Gasteiger partial charge is 0.0966 e. The topological polar surface area (TPSA) is 49.8 Å². The standard InChI is InChI=1S/C10H6Cl2N2/c11-8-5-7(3-1-2-4-13)10(14)9(12)6-8/h5-6H,2,14H2. The second-order valence-corrected chi connectivity index (χ2v) is 3.33. The molecule has 14 heavy (non-hydrogen) atoms. The Labute approximate surface area is 92.2 Å². The van der Waals surface area contributed by atoms with E-state index in [-0.39, 0.29) is 6.42 Å². The summed E-state index contributed by atoms with van der Waals surface area (Å²) in [6, 6.07) is 5.07. The third kappa shape index (κ3) is 2.57. The number of benzene rings is 1. The molecule has 0 fully saturated rings. The third-order valence-corrected chi connectivity index (χ3v) is 2.02. The average Bonchev–Trinajstić information content (AvgIpc) is 2.13. The molecule has 0 heterocycles. The molecule has 0 aromatic heterocycles. The second-order valence-electron chi connectivity index (χ2n) is 2.49. The Morgan fingerprint density at radius 1 is 1.36 bits per heavy atom. The SMILES string of the molecule is N#CCC#Cc1cc(Cl)cc(Cl)c1N. The van der Waals surface area contributed by atoms with E-state index >= 15 is 0 Å². The van der Waals surface area contributed by atoms with E-state index in [0.29, 0.717) is 21.3 Å². The lowest BCUT2D eigenvalue weighted by Gasteiger charge is -2.01. The van der Waals surface area contributed by atoms with Gasteiger partial charge in [0.05, 0.1) is 28.8 Å². The van der Waals surface area contributed by atoms with Crippen molar-refractivity contribution in [1.29, 1.82) is 5.26 Å². The summed E-state index contributed by atoms with van der Waals surface area (Å²) in [6.45, 7) is 0. The van der Waals surface area contributed by atoms with Gasteiger partial charge in [-0.25, -0.2) is 0 Å². The summed E-state index contributed by atoms with van der Waals surface area (Å²) in [6.07, 6.45) is 0.156. The van der Waals surface area contributed by atoms with Crippen LogP contribution in [0.2, 0.25) is 10.0 Å². The Morgan fingerprint density at radius 3 is 2.71 bits per heavy atom. The Kier molecular flexibility index (Phi) is 3.65. The molecule has 0 atom stereocenters. The number of hydrogen-bond donors (Lipinski definition) is 1. The molecule has 0 bridgehead atoms.